The smallest absolute Gasteiger partial charge is 0.339 e. The van der Waals surface area contributed by atoms with Crippen molar-refractivity contribution < 1.29 is 23.9 Å². The number of carbonyl (C=O) groups excluding carboxylic acids is 4. The number of ether oxygens (including phenoxy) is 1. The second-order valence-electron chi connectivity index (χ2n) is 6.89. The number of rotatable bonds is 5. The van der Waals surface area contributed by atoms with Crippen LogP contribution in [-0.2, 0) is 21.5 Å². The molecule has 0 saturated carbocycles. The van der Waals surface area contributed by atoms with Gasteiger partial charge in [0.1, 0.15) is 11.2 Å². The standard InChI is InChI=1S/C20H22N4O5/c1-5-13-14(17(26)29-4)10(2)15(22-13)16(25)21-12-8-6-7-11(9-12)20(3)18(27)23-19(28)24-20/h6-9,22H,5H2,1-4H3,(H,21,25)(H2,23,24,27,28). The van der Waals surface area contributed by atoms with E-state index < -0.39 is 29.4 Å². The van der Waals surface area contributed by atoms with Gasteiger partial charge in [-0.3, -0.25) is 14.9 Å². The lowest BCUT2D eigenvalue weighted by atomic mass is 9.92. The van der Waals surface area contributed by atoms with Crippen molar-refractivity contribution in [1.29, 1.82) is 0 Å². The highest BCUT2D eigenvalue weighted by Gasteiger charge is 2.43. The first kappa shape index (κ1) is 20.1. The third kappa shape index (κ3) is 3.46. The van der Waals surface area contributed by atoms with Crippen LogP contribution in [0.4, 0.5) is 10.5 Å². The number of methoxy groups -OCH3 is 1. The number of aromatic amines is 1. The Morgan fingerprint density at radius 3 is 2.55 bits per heavy atom. The Balaban J connectivity index is 1.89. The molecule has 1 unspecified atom stereocenters. The summed E-state index contributed by atoms with van der Waals surface area (Å²) in [6.45, 7) is 5.12. The van der Waals surface area contributed by atoms with Crippen LogP contribution in [0, 0.1) is 6.92 Å². The van der Waals surface area contributed by atoms with E-state index in [4.69, 9.17) is 4.74 Å². The maximum absolute atomic E-state index is 12.8. The number of hydrogen-bond acceptors (Lipinski definition) is 5. The molecule has 9 heteroatoms. The molecule has 4 amide bonds. The van der Waals surface area contributed by atoms with Crippen molar-refractivity contribution in [2.75, 3.05) is 12.4 Å². The number of benzene rings is 1. The molecule has 4 N–H and O–H groups in total. The Labute approximate surface area is 167 Å². The van der Waals surface area contributed by atoms with Crippen LogP contribution < -0.4 is 16.0 Å². The fourth-order valence-corrected chi connectivity index (χ4v) is 3.38. The molecule has 2 heterocycles. The number of esters is 1. The van der Waals surface area contributed by atoms with Gasteiger partial charge in [-0.2, -0.15) is 0 Å². The van der Waals surface area contributed by atoms with Gasteiger partial charge in [0, 0.05) is 11.4 Å². The number of aryl methyl sites for hydroxylation is 1. The molecule has 1 aliphatic heterocycles. The average molecular weight is 398 g/mol. The molecule has 2 aromatic rings. The van der Waals surface area contributed by atoms with Crippen molar-refractivity contribution in [2.45, 2.75) is 32.7 Å². The first-order valence-electron chi connectivity index (χ1n) is 9.06. The molecule has 1 saturated heterocycles. The molecular formula is C20H22N4O5. The Hall–Kier alpha value is -3.62. The molecule has 0 spiro atoms. The molecule has 29 heavy (non-hydrogen) atoms. The highest BCUT2D eigenvalue weighted by molar-refractivity contribution is 6.08. The summed E-state index contributed by atoms with van der Waals surface area (Å²) >= 11 is 0. The van der Waals surface area contributed by atoms with E-state index in [1.165, 1.54) is 7.11 Å². The van der Waals surface area contributed by atoms with Crippen LogP contribution in [-0.4, -0.2) is 35.9 Å². The van der Waals surface area contributed by atoms with E-state index in [-0.39, 0.29) is 5.69 Å². The molecule has 0 bridgehead atoms. The summed E-state index contributed by atoms with van der Waals surface area (Å²) in [5.41, 5.74) is 1.45. The van der Waals surface area contributed by atoms with E-state index in [2.05, 4.69) is 20.9 Å². The van der Waals surface area contributed by atoms with Crippen LogP contribution in [0.1, 0.15) is 51.5 Å². The summed E-state index contributed by atoms with van der Waals surface area (Å²) in [7, 11) is 1.29. The zero-order valence-electron chi connectivity index (χ0n) is 16.6. The molecule has 1 fully saturated rings. The quantitative estimate of drug-likeness (QED) is 0.452. The van der Waals surface area contributed by atoms with Crippen molar-refractivity contribution in [3.8, 4) is 0 Å². The number of amides is 4. The summed E-state index contributed by atoms with van der Waals surface area (Å²) in [5.74, 6) is -1.41. The Morgan fingerprint density at radius 2 is 1.97 bits per heavy atom. The van der Waals surface area contributed by atoms with Gasteiger partial charge in [-0.05, 0) is 43.5 Å². The summed E-state index contributed by atoms with van der Waals surface area (Å²) < 4.78 is 4.81. The summed E-state index contributed by atoms with van der Waals surface area (Å²) in [5, 5.41) is 7.55. The average Bonchev–Trinajstić information content (AvgIpc) is 3.17. The van der Waals surface area contributed by atoms with Crippen molar-refractivity contribution in [2.24, 2.45) is 0 Å². The molecule has 1 aromatic carbocycles. The fraction of sp³-hybridized carbons (Fsp3) is 0.300. The predicted molar refractivity (Wildman–Crippen MR) is 105 cm³/mol. The molecular weight excluding hydrogens is 376 g/mol. The first-order valence-corrected chi connectivity index (χ1v) is 9.06. The molecule has 1 aliphatic rings. The van der Waals surface area contributed by atoms with E-state index in [1.54, 1.807) is 38.1 Å². The van der Waals surface area contributed by atoms with E-state index in [1.807, 2.05) is 6.92 Å². The van der Waals surface area contributed by atoms with Crippen molar-refractivity contribution in [3.63, 3.8) is 0 Å². The maximum Gasteiger partial charge on any atom is 0.339 e. The second-order valence-corrected chi connectivity index (χ2v) is 6.89. The molecule has 1 aromatic heterocycles. The fourth-order valence-electron chi connectivity index (χ4n) is 3.38. The van der Waals surface area contributed by atoms with Crippen molar-refractivity contribution >= 4 is 29.5 Å². The van der Waals surface area contributed by atoms with Crippen LogP contribution in [0.2, 0.25) is 0 Å². The molecule has 0 radical (unpaired) electrons. The highest BCUT2D eigenvalue weighted by Crippen LogP contribution is 2.27. The van der Waals surface area contributed by atoms with E-state index in [9.17, 15) is 19.2 Å². The number of carbonyl (C=O) groups is 4. The van der Waals surface area contributed by atoms with Gasteiger partial charge in [0.15, 0.2) is 0 Å². The molecule has 1 atom stereocenters. The summed E-state index contributed by atoms with van der Waals surface area (Å²) in [6, 6.07) is 6.07. The minimum Gasteiger partial charge on any atom is -0.465 e. The third-order valence-electron chi connectivity index (χ3n) is 5.04. The maximum atomic E-state index is 12.8. The minimum atomic E-state index is -1.23. The van der Waals surface area contributed by atoms with Crippen molar-refractivity contribution in [1.82, 2.24) is 15.6 Å². The lowest BCUT2D eigenvalue weighted by Gasteiger charge is -2.21. The highest BCUT2D eigenvalue weighted by atomic mass is 16.5. The number of imide groups is 1. The monoisotopic (exact) mass is 398 g/mol. The second kappa shape index (κ2) is 7.42. The third-order valence-corrected chi connectivity index (χ3v) is 5.04. The number of nitrogens with one attached hydrogen (secondary N) is 4. The first-order chi connectivity index (χ1) is 13.7. The van der Waals surface area contributed by atoms with E-state index in [0.717, 1.165) is 0 Å². The zero-order valence-corrected chi connectivity index (χ0v) is 16.6. The van der Waals surface area contributed by atoms with Gasteiger partial charge in [-0.15, -0.1) is 0 Å². The van der Waals surface area contributed by atoms with Crippen LogP contribution >= 0.6 is 0 Å². The Bertz CT molecular complexity index is 1030. The van der Waals surface area contributed by atoms with Crippen molar-refractivity contribution in [3.05, 3.63) is 52.3 Å². The van der Waals surface area contributed by atoms with Gasteiger partial charge in [-0.25, -0.2) is 9.59 Å². The van der Waals surface area contributed by atoms with Gasteiger partial charge >= 0.3 is 12.0 Å². The number of urea groups is 1. The number of anilines is 1. The number of aromatic nitrogens is 1. The molecule has 152 valence electrons. The lowest BCUT2D eigenvalue weighted by molar-refractivity contribution is -0.123. The predicted octanol–water partition coefficient (Wildman–Crippen LogP) is 1.98. The Morgan fingerprint density at radius 1 is 1.24 bits per heavy atom. The normalized spacial score (nSPS) is 18.2. The van der Waals surface area contributed by atoms with Gasteiger partial charge in [0.05, 0.1) is 12.7 Å². The molecule has 0 aliphatic carbocycles. The number of hydrogen-bond donors (Lipinski definition) is 4. The minimum absolute atomic E-state index is 0.255. The molecule has 9 nitrogen and oxygen atoms in total. The van der Waals surface area contributed by atoms with Crippen LogP contribution in [0.15, 0.2) is 24.3 Å². The summed E-state index contributed by atoms with van der Waals surface area (Å²) in [4.78, 5) is 51.5. The van der Waals surface area contributed by atoms with Crippen LogP contribution in [0.5, 0.6) is 0 Å². The van der Waals surface area contributed by atoms with Crippen LogP contribution in [0.25, 0.3) is 0 Å². The van der Waals surface area contributed by atoms with E-state index >= 15 is 0 Å². The van der Waals surface area contributed by atoms with E-state index in [0.29, 0.717) is 34.5 Å². The van der Waals surface area contributed by atoms with Gasteiger partial charge in [0.25, 0.3) is 11.8 Å². The zero-order chi connectivity index (χ0) is 21.3. The van der Waals surface area contributed by atoms with Gasteiger partial charge < -0.3 is 20.4 Å². The van der Waals surface area contributed by atoms with Gasteiger partial charge in [-0.1, -0.05) is 19.1 Å². The SMILES string of the molecule is CCc1[nH]c(C(=O)Nc2cccc(C3(C)NC(=O)NC3=O)c2)c(C)c1C(=O)OC. The largest absolute Gasteiger partial charge is 0.465 e. The van der Waals surface area contributed by atoms with Gasteiger partial charge in [0.2, 0.25) is 0 Å². The molecule has 3 rings (SSSR count). The topological polar surface area (TPSA) is 129 Å². The lowest BCUT2D eigenvalue weighted by Crippen LogP contribution is -2.40. The van der Waals surface area contributed by atoms with Crippen LogP contribution in [0.3, 0.4) is 0 Å². The summed E-state index contributed by atoms with van der Waals surface area (Å²) in [6.07, 6.45) is 0.529. The number of H-pyrrole nitrogens is 1. The Kier molecular flexibility index (Phi) is 5.15.